The number of hydrogen-bond acceptors (Lipinski definition) is 2. The van der Waals surface area contributed by atoms with Gasteiger partial charge in [-0.1, -0.05) is 30.5 Å². The second kappa shape index (κ2) is 8.58. The largest absolute Gasteiger partial charge is 0.490 e. The molecule has 1 aromatic carbocycles. The first-order valence-electron chi connectivity index (χ1n) is 6.47. The maximum absolute atomic E-state index is 6.09. The van der Waals surface area contributed by atoms with Crippen LogP contribution in [0.15, 0.2) is 60.3 Å². The van der Waals surface area contributed by atoms with E-state index in [1.807, 2.05) is 29.2 Å². The molecule has 1 aliphatic rings. The standard InChI is InChI=1S/C17H17ClNO.Y/c1-4-12-20-15-8-6-14(7-9-15)17-11-10-16(18)13(3)19(17)5-2;/h4,6-10H,1,3,5,12H2,2H3;/q-1;. The molecular formula is C17H17ClNOY-. The minimum Gasteiger partial charge on any atom is -0.490 e. The maximum atomic E-state index is 6.09. The van der Waals surface area contributed by atoms with E-state index in [4.69, 9.17) is 16.3 Å². The molecule has 107 valence electrons. The van der Waals surface area contributed by atoms with Crippen molar-refractivity contribution >= 4 is 17.3 Å². The van der Waals surface area contributed by atoms with E-state index in [0.29, 0.717) is 11.6 Å². The van der Waals surface area contributed by atoms with Crippen LogP contribution in [0.1, 0.15) is 12.5 Å². The van der Waals surface area contributed by atoms with Gasteiger partial charge in [-0.15, -0.1) is 12.1 Å². The molecule has 0 aliphatic carbocycles. The molecule has 0 amide bonds. The van der Waals surface area contributed by atoms with Crippen LogP contribution >= 0.6 is 11.6 Å². The number of hydrogen-bond donors (Lipinski definition) is 0. The van der Waals surface area contributed by atoms with Crippen molar-refractivity contribution in [2.24, 2.45) is 0 Å². The average Bonchev–Trinajstić information content (AvgIpc) is 2.48. The van der Waals surface area contributed by atoms with Gasteiger partial charge in [-0.25, -0.2) is 0 Å². The van der Waals surface area contributed by atoms with Gasteiger partial charge in [0.1, 0.15) is 12.4 Å². The molecule has 0 saturated carbocycles. The summed E-state index contributed by atoms with van der Waals surface area (Å²) in [6.45, 7) is 11.0. The number of benzene rings is 1. The molecule has 0 unspecified atom stereocenters. The van der Waals surface area contributed by atoms with E-state index >= 15 is 0 Å². The summed E-state index contributed by atoms with van der Waals surface area (Å²) in [5, 5.41) is 0.626. The van der Waals surface area contributed by atoms with Gasteiger partial charge in [0.25, 0.3) is 0 Å². The molecule has 0 atom stereocenters. The predicted octanol–water partition coefficient (Wildman–Crippen LogP) is 4.36. The Morgan fingerprint density at radius 1 is 1.33 bits per heavy atom. The van der Waals surface area contributed by atoms with Gasteiger partial charge in [0.15, 0.2) is 0 Å². The maximum Gasteiger partial charge on any atom is 0.117 e. The van der Waals surface area contributed by atoms with E-state index in [-0.39, 0.29) is 32.7 Å². The summed E-state index contributed by atoms with van der Waals surface area (Å²) in [6, 6.07) is 7.88. The van der Waals surface area contributed by atoms with E-state index < -0.39 is 0 Å². The van der Waals surface area contributed by atoms with Gasteiger partial charge >= 0.3 is 0 Å². The Labute approximate surface area is 156 Å². The van der Waals surface area contributed by atoms with Crippen molar-refractivity contribution in [1.29, 1.82) is 0 Å². The third-order valence-corrected chi connectivity index (χ3v) is 3.35. The fourth-order valence-electron chi connectivity index (χ4n) is 2.01. The first-order chi connectivity index (χ1) is 9.67. The Hall–Kier alpha value is -0.826. The summed E-state index contributed by atoms with van der Waals surface area (Å²) in [4.78, 5) is 2.04. The number of ether oxygens (including phenoxy) is 1. The van der Waals surface area contributed by atoms with Gasteiger partial charge in [-0.3, -0.25) is 0 Å². The minimum atomic E-state index is 0. The first-order valence-corrected chi connectivity index (χ1v) is 6.85. The molecule has 0 N–H and O–H groups in total. The molecule has 0 spiro atoms. The molecule has 1 aliphatic heterocycles. The van der Waals surface area contributed by atoms with Crippen LogP contribution in [-0.2, 0) is 32.7 Å². The molecule has 21 heavy (non-hydrogen) atoms. The zero-order valence-electron chi connectivity index (χ0n) is 12.1. The summed E-state index contributed by atoms with van der Waals surface area (Å²) < 4.78 is 5.48. The van der Waals surface area contributed by atoms with Crippen molar-refractivity contribution in [2.75, 3.05) is 13.2 Å². The normalized spacial score (nSPS) is 14.0. The molecule has 2 nitrogen and oxygen atoms in total. The number of allylic oxidation sites excluding steroid dienone is 3. The van der Waals surface area contributed by atoms with Crippen molar-refractivity contribution in [2.45, 2.75) is 6.92 Å². The Morgan fingerprint density at radius 2 is 2.00 bits per heavy atom. The van der Waals surface area contributed by atoms with Crippen molar-refractivity contribution in [3.05, 3.63) is 71.9 Å². The van der Waals surface area contributed by atoms with Crippen LogP contribution in [0.25, 0.3) is 5.70 Å². The van der Waals surface area contributed by atoms with Gasteiger partial charge in [-0.05, 0) is 29.8 Å². The van der Waals surface area contributed by atoms with Crippen LogP contribution < -0.4 is 4.74 Å². The Balaban J connectivity index is 0.00000220. The summed E-state index contributed by atoms with van der Waals surface area (Å²) in [7, 11) is 0. The fraction of sp³-hybridized carbons (Fsp3) is 0.176. The third kappa shape index (κ3) is 4.32. The summed E-state index contributed by atoms with van der Waals surface area (Å²) in [5.41, 5.74) is 2.83. The minimum absolute atomic E-state index is 0. The SMILES string of the molecule is C=CCOc1ccc(C2=[C-]C=C(Cl)C(=C)N2CC)cc1.[Y]. The van der Waals surface area contributed by atoms with E-state index in [1.54, 1.807) is 12.2 Å². The Kier molecular flexibility index (Phi) is 7.44. The summed E-state index contributed by atoms with van der Waals surface area (Å²) >= 11 is 6.09. The van der Waals surface area contributed by atoms with E-state index in [1.165, 1.54) is 0 Å². The van der Waals surface area contributed by atoms with Gasteiger partial charge < -0.3 is 9.64 Å². The molecule has 0 aromatic heterocycles. The third-order valence-electron chi connectivity index (χ3n) is 3.02. The molecule has 0 fully saturated rings. The zero-order valence-corrected chi connectivity index (χ0v) is 15.7. The molecule has 1 aromatic rings. The summed E-state index contributed by atoms with van der Waals surface area (Å²) in [6.07, 6.45) is 6.69. The smallest absolute Gasteiger partial charge is 0.117 e. The molecule has 0 saturated heterocycles. The molecule has 1 radical (unpaired) electrons. The van der Waals surface area contributed by atoms with E-state index in [0.717, 1.165) is 29.3 Å². The van der Waals surface area contributed by atoms with Crippen LogP contribution in [0, 0.1) is 6.08 Å². The Bertz CT molecular complexity index is 575. The van der Waals surface area contributed by atoms with Crippen LogP contribution in [0.2, 0.25) is 0 Å². The van der Waals surface area contributed by atoms with Crippen molar-refractivity contribution in [3.63, 3.8) is 0 Å². The first kappa shape index (κ1) is 18.2. The fourth-order valence-corrected chi connectivity index (χ4v) is 2.17. The zero-order chi connectivity index (χ0) is 14.5. The van der Waals surface area contributed by atoms with Gasteiger partial charge in [0.2, 0.25) is 0 Å². The average molecular weight is 376 g/mol. The van der Waals surface area contributed by atoms with Crippen LogP contribution in [0.3, 0.4) is 0 Å². The number of halogens is 1. The monoisotopic (exact) mass is 375 g/mol. The molecular weight excluding hydrogens is 359 g/mol. The van der Waals surface area contributed by atoms with E-state index in [9.17, 15) is 0 Å². The second-order valence-electron chi connectivity index (χ2n) is 4.30. The molecule has 4 heteroatoms. The molecule has 2 rings (SSSR count). The topological polar surface area (TPSA) is 12.5 Å². The van der Waals surface area contributed by atoms with Crippen LogP contribution in [0.4, 0.5) is 0 Å². The van der Waals surface area contributed by atoms with Gasteiger partial charge in [0.05, 0.1) is 0 Å². The number of nitrogens with zero attached hydrogens (tertiary/aromatic N) is 1. The van der Waals surface area contributed by atoms with Crippen LogP contribution in [0.5, 0.6) is 5.75 Å². The second-order valence-corrected chi connectivity index (χ2v) is 4.71. The van der Waals surface area contributed by atoms with Gasteiger partial charge in [-0.2, -0.15) is 23.8 Å². The number of rotatable bonds is 5. The molecule has 0 bridgehead atoms. The summed E-state index contributed by atoms with van der Waals surface area (Å²) in [5.74, 6) is 0.820. The molecule has 1 heterocycles. The Morgan fingerprint density at radius 3 is 2.57 bits per heavy atom. The quantitative estimate of drug-likeness (QED) is 0.560. The van der Waals surface area contributed by atoms with E-state index in [2.05, 4.69) is 26.2 Å². The van der Waals surface area contributed by atoms with Crippen molar-refractivity contribution in [1.82, 2.24) is 4.90 Å². The number of likely N-dealkylation sites (N-methyl/N-ethyl adjacent to an activating group) is 1. The van der Waals surface area contributed by atoms with Crippen LogP contribution in [-0.4, -0.2) is 18.1 Å². The van der Waals surface area contributed by atoms with Gasteiger partial charge in [0, 0.05) is 39.3 Å². The predicted molar refractivity (Wildman–Crippen MR) is 84.2 cm³/mol. The van der Waals surface area contributed by atoms with Crippen molar-refractivity contribution in [3.8, 4) is 5.75 Å². The van der Waals surface area contributed by atoms with Crippen molar-refractivity contribution < 1.29 is 37.4 Å².